The third kappa shape index (κ3) is 7.10. The number of carbonyl (C=O) groups is 1. The maximum Gasteiger partial charge on any atom is 0.282 e. The van der Waals surface area contributed by atoms with Crippen molar-refractivity contribution in [1.82, 2.24) is 29.9 Å². The predicted octanol–water partition coefficient (Wildman–Crippen LogP) is 4.30. The fourth-order valence-corrected chi connectivity index (χ4v) is 6.56. The minimum absolute atomic E-state index is 0.0521. The zero-order valence-corrected chi connectivity index (χ0v) is 27.2. The van der Waals surface area contributed by atoms with Crippen LogP contribution in [0.4, 0.5) is 10.2 Å². The van der Waals surface area contributed by atoms with Gasteiger partial charge in [0.2, 0.25) is 0 Å². The van der Waals surface area contributed by atoms with Crippen molar-refractivity contribution >= 4 is 11.7 Å². The van der Waals surface area contributed by atoms with Gasteiger partial charge in [-0.3, -0.25) is 9.69 Å². The van der Waals surface area contributed by atoms with Crippen LogP contribution in [0.15, 0.2) is 24.5 Å². The van der Waals surface area contributed by atoms with Gasteiger partial charge in [0.05, 0.1) is 11.7 Å². The van der Waals surface area contributed by atoms with Crippen LogP contribution in [0.3, 0.4) is 0 Å². The highest BCUT2D eigenvalue weighted by Crippen LogP contribution is 2.47. The number of likely N-dealkylation sites (tertiary alicyclic amines) is 1. The highest BCUT2D eigenvalue weighted by atomic mass is 19.1. The number of aliphatic hydroxyl groups excluding tert-OH is 1. The Hall–Kier alpha value is -2.89. The number of aliphatic hydroxyl groups is 1. The second-order valence-corrected chi connectivity index (χ2v) is 13.3. The van der Waals surface area contributed by atoms with Crippen molar-refractivity contribution in [3.8, 4) is 11.6 Å². The van der Waals surface area contributed by atoms with Crippen LogP contribution < -0.4 is 9.64 Å². The highest BCUT2D eigenvalue weighted by Gasteiger charge is 2.54. The molecule has 1 amide bonds. The molecule has 11 heteroatoms. The maximum absolute atomic E-state index is 14.3. The second kappa shape index (κ2) is 13.4. The molecule has 1 aromatic heterocycles. The molecule has 0 aliphatic carbocycles. The minimum Gasteiger partial charge on any atom is -0.434 e. The topological polar surface area (TPSA) is 98.2 Å². The molecule has 2 aliphatic rings. The number of anilines is 1. The highest BCUT2D eigenvalue weighted by molar-refractivity contribution is 5.97. The first-order valence-corrected chi connectivity index (χ1v) is 15.6. The SMILES string of the molecule is CCN(C)C[C@H](O)C[C@](C)(C(C)C)N1CC2(CCN(c3ncnnc3Oc3ccc(F)cc3C(=O)N(CC)C(C)C)C2)C1. The molecule has 2 fully saturated rings. The van der Waals surface area contributed by atoms with E-state index < -0.39 is 5.82 Å². The summed E-state index contributed by atoms with van der Waals surface area (Å²) in [7, 11) is 2.04. The summed E-state index contributed by atoms with van der Waals surface area (Å²) in [4.78, 5) is 26.4. The molecule has 0 radical (unpaired) electrons. The van der Waals surface area contributed by atoms with Crippen LogP contribution >= 0.6 is 0 Å². The third-order valence-corrected chi connectivity index (χ3v) is 9.64. The number of hydrogen-bond acceptors (Lipinski definition) is 9. The molecule has 238 valence electrons. The van der Waals surface area contributed by atoms with E-state index >= 15 is 0 Å². The molecule has 43 heavy (non-hydrogen) atoms. The molecule has 0 saturated carbocycles. The molecular weight excluding hydrogens is 549 g/mol. The van der Waals surface area contributed by atoms with Crippen LogP contribution in [0.1, 0.15) is 71.7 Å². The van der Waals surface area contributed by atoms with E-state index in [1.165, 1.54) is 24.5 Å². The predicted molar refractivity (Wildman–Crippen MR) is 166 cm³/mol. The van der Waals surface area contributed by atoms with Gasteiger partial charge in [0.15, 0.2) is 5.82 Å². The Morgan fingerprint density at radius 2 is 1.91 bits per heavy atom. The lowest BCUT2D eigenvalue weighted by Gasteiger charge is -2.58. The summed E-state index contributed by atoms with van der Waals surface area (Å²) in [6, 6.07) is 3.90. The van der Waals surface area contributed by atoms with Gasteiger partial charge in [0.25, 0.3) is 11.8 Å². The van der Waals surface area contributed by atoms with E-state index in [-0.39, 0.29) is 46.2 Å². The van der Waals surface area contributed by atoms with Crippen molar-refractivity contribution in [2.24, 2.45) is 11.3 Å². The lowest BCUT2D eigenvalue weighted by molar-refractivity contribution is -0.0984. The van der Waals surface area contributed by atoms with Crippen LogP contribution in [0.5, 0.6) is 11.6 Å². The Balaban J connectivity index is 1.49. The Morgan fingerprint density at radius 3 is 2.53 bits per heavy atom. The average Bonchev–Trinajstić information content (AvgIpc) is 3.39. The Bertz CT molecular complexity index is 1260. The monoisotopic (exact) mass is 599 g/mol. The molecule has 2 aliphatic heterocycles. The summed E-state index contributed by atoms with van der Waals surface area (Å²) in [6.07, 6.45) is 2.75. The van der Waals surface area contributed by atoms with Crippen molar-refractivity contribution in [2.45, 2.75) is 79.0 Å². The molecule has 2 saturated heterocycles. The number of ether oxygens (including phenoxy) is 1. The molecule has 1 N–H and O–H groups in total. The summed E-state index contributed by atoms with van der Waals surface area (Å²) < 4.78 is 20.5. The first kappa shape index (κ1) is 33.0. The lowest BCUT2D eigenvalue weighted by Crippen LogP contribution is -2.67. The summed E-state index contributed by atoms with van der Waals surface area (Å²) >= 11 is 0. The van der Waals surface area contributed by atoms with E-state index in [4.69, 9.17) is 4.74 Å². The molecule has 3 heterocycles. The number of hydrogen-bond donors (Lipinski definition) is 1. The van der Waals surface area contributed by atoms with Gasteiger partial charge in [-0.25, -0.2) is 9.37 Å². The van der Waals surface area contributed by atoms with Gasteiger partial charge in [0.1, 0.15) is 17.9 Å². The molecular formula is C32H50FN7O3. The Morgan fingerprint density at radius 1 is 1.19 bits per heavy atom. The number of amides is 1. The van der Waals surface area contributed by atoms with E-state index in [1.54, 1.807) is 4.90 Å². The summed E-state index contributed by atoms with van der Waals surface area (Å²) in [5, 5.41) is 19.1. The normalized spacial score (nSPS) is 18.8. The third-order valence-electron chi connectivity index (χ3n) is 9.64. The van der Waals surface area contributed by atoms with E-state index in [0.717, 1.165) is 45.6 Å². The van der Waals surface area contributed by atoms with Crippen molar-refractivity contribution in [3.05, 3.63) is 35.9 Å². The van der Waals surface area contributed by atoms with Gasteiger partial charge in [-0.1, -0.05) is 20.8 Å². The van der Waals surface area contributed by atoms with Gasteiger partial charge in [-0.15, -0.1) is 10.2 Å². The smallest absolute Gasteiger partial charge is 0.282 e. The van der Waals surface area contributed by atoms with Crippen molar-refractivity contribution in [2.75, 3.05) is 57.8 Å². The number of nitrogens with zero attached hydrogens (tertiary/aromatic N) is 7. The molecule has 2 aromatic rings. The maximum atomic E-state index is 14.3. The zero-order chi connectivity index (χ0) is 31.5. The number of benzene rings is 1. The zero-order valence-electron chi connectivity index (χ0n) is 27.2. The van der Waals surface area contributed by atoms with Crippen LogP contribution in [-0.2, 0) is 0 Å². The fourth-order valence-electron chi connectivity index (χ4n) is 6.56. The number of carbonyl (C=O) groups excluding carboxylic acids is 1. The number of rotatable bonds is 13. The molecule has 4 rings (SSSR count). The quantitative estimate of drug-likeness (QED) is 0.361. The molecule has 2 atom stereocenters. The average molecular weight is 600 g/mol. The first-order chi connectivity index (χ1) is 20.3. The van der Waals surface area contributed by atoms with Gasteiger partial charge in [0, 0.05) is 56.3 Å². The van der Waals surface area contributed by atoms with E-state index in [0.29, 0.717) is 24.8 Å². The van der Waals surface area contributed by atoms with Gasteiger partial charge in [-0.05, 0) is 78.2 Å². The van der Waals surface area contributed by atoms with Gasteiger partial charge < -0.3 is 24.5 Å². The van der Waals surface area contributed by atoms with Crippen LogP contribution in [0.2, 0.25) is 0 Å². The second-order valence-electron chi connectivity index (χ2n) is 13.3. The van der Waals surface area contributed by atoms with Crippen molar-refractivity contribution in [3.63, 3.8) is 0 Å². The number of halogens is 1. The summed E-state index contributed by atoms with van der Waals surface area (Å²) in [6.45, 7) is 20.2. The molecule has 1 aromatic carbocycles. The van der Waals surface area contributed by atoms with Gasteiger partial charge in [-0.2, -0.15) is 0 Å². The Labute approximate surface area is 256 Å². The lowest BCUT2D eigenvalue weighted by atomic mass is 9.71. The molecule has 0 unspecified atom stereocenters. The molecule has 0 bridgehead atoms. The minimum atomic E-state index is -0.512. The Kier molecular flexibility index (Phi) is 10.3. The standard InChI is InChI=1S/C32H50FN7O3/c1-9-37(8)17-25(41)16-31(7,22(3)4)39-19-32(20-39)13-14-38(18-32)28-29(36-35-21-34-28)43-27-12-11-24(33)15-26(27)30(42)40(10-2)23(5)6/h11-12,15,21-23,25,41H,9-10,13-14,16-20H2,1-8H3/t25-,31-/m1/s1. The van der Waals surface area contributed by atoms with Gasteiger partial charge >= 0.3 is 0 Å². The van der Waals surface area contributed by atoms with Crippen LogP contribution in [-0.4, -0.2) is 111 Å². The van der Waals surface area contributed by atoms with Crippen LogP contribution in [0.25, 0.3) is 0 Å². The number of aromatic nitrogens is 3. The van der Waals surface area contributed by atoms with Crippen molar-refractivity contribution < 1.29 is 19.0 Å². The molecule has 10 nitrogen and oxygen atoms in total. The number of likely N-dealkylation sites (N-methyl/N-ethyl adjacent to an activating group) is 1. The molecule has 1 spiro atoms. The van der Waals surface area contributed by atoms with Crippen LogP contribution in [0, 0.1) is 17.2 Å². The summed E-state index contributed by atoms with van der Waals surface area (Å²) in [5.74, 6) is 0.551. The fraction of sp³-hybridized carbons (Fsp3) is 0.688. The summed E-state index contributed by atoms with van der Waals surface area (Å²) in [5.41, 5.74) is 0.144. The first-order valence-electron chi connectivity index (χ1n) is 15.6. The van der Waals surface area contributed by atoms with E-state index in [9.17, 15) is 14.3 Å². The largest absolute Gasteiger partial charge is 0.434 e. The van der Waals surface area contributed by atoms with E-state index in [2.05, 4.69) is 57.6 Å². The van der Waals surface area contributed by atoms with E-state index in [1.807, 2.05) is 27.8 Å². The van der Waals surface area contributed by atoms with Crippen molar-refractivity contribution in [1.29, 1.82) is 0 Å².